The molecule has 1 aromatic rings. The molecule has 118 valence electrons. The number of carbonyl (C=O) groups excluding carboxylic acids is 1. The Bertz CT molecular complexity index is 768. The summed E-state index contributed by atoms with van der Waals surface area (Å²) in [7, 11) is -6.35. The highest BCUT2D eigenvalue weighted by Crippen LogP contribution is 2.33. The average molecular weight is 336 g/mol. The molecule has 1 amide bonds. The number of benzene rings is 1. The lowest BCUT2D eigenvalue weighted by molar-refractivity contribution is -0.113. The molecule has 0 saturated carbocycles. The number of hydrogen-bond acceptors (Lipinski definition) is 6. The van der Waals surface area contributed by atoms with E-state index in [1.165, 1.54) is 19.2 Å². The number of nitrogens with two attached hydrogens (primary N) is 1. The molecule has 10 heteroatoms. The van der Waals surface area contributed by atoms with Gasteiger partial charge in [-0.15, -0.1) is 0 Å². The number of aryl methyl sites for hydroxylation is 1. The number of sulfonamides is 1. The van der Waals surface area contributed by atoms with Crippen LogP contribution in [0.3, 0.4) is 0 Å². The number of nitrogens with one attached hydrogen (secondary N) is 1. The van der Waals surface area contributed by atoms with Crippen molar-refractivity contribution < 1.29 is 26.4 Å². The van der Waals surface area contributed by atoms with E-state index in [2.05, 4.69) is 5.32 Å². The van der Waals surface area contributed by atoms with Crippen LogP contribution < -0.4 is 15.2 Å². The van der Waals surface area contributed by atoms with Crippen LogP contribution in [0.15, 0.2) is 17.0 Å². The quantitative estimate of drug-likeness (QED) is 0.754. The molecule has 0 saturated heterocycles. The molecule has 0 bridgehead atoms. The van der Waals surface area contributed by atoms with Crippen molar-refractivity contribution in [2.24, 2.45) is 5.14 Å². The summed E-state index contributed by atoms with van der Waals surface area (Å²) in [5.74, 6) is -1.68. The third kappa shape index (κ3) is 4.99. The zero-order valence-corrected chi connectivity index (χ0v) is 13.3. The monoisotopic (exact) mass is 336 g/mol. The Balaban J connectivity index is 3.31. The molecule has 0 aromatic heterocycles. The van der Waals surface area contributed by atoms with E-state index in [9.17, 15) is 21.6 Å². The molecule has 1 aromatic carbocycles. The van der Waals surface area contributed by atoms with Crippen LogP contribution in [0.25, 0.3) is 0 Å². The van der Waals surface area contributed by atoms with Crippen molar-refractivity contribution in [1.82, 2.24) is 0 Å². The van der Waals surface area contributed by atoms with Crippen LogP contribution in [0.2, 0.25) is 0 Å². The standard InChI is InChI=1S/C11H16N2O6S2/c1-7-4-8(13-10(14)6-20(3,15)16)11(19-2)9(5-7)21(12,17)18/h4-5H,6H2,1-3H3,(H,13,14)(H2,12,17,18). The van der Waals surface area contributed by atoms with E-state index in [0.717, 1.165) is 6.26 Å². The second-order valence-electron chi connectivity index (χ2n) is 4.51. The van der Waals surface area contributed by atoms with Crippen LogP contribution in [0.4, 0.5) is 5.69 Å². The van der Waals surface area contributed by atoms with Crippen LogP contribution >= 0.6 is 0 Å². The minimum Gasteiger partial charge on any atom is -0.493 e. The van der Waals surface area contributed by atoms with Crippen molar-refractivity contribution in [3.63, 3.8) is 0 Å². The van der Waals surface area contributed by atoms with Gasteiger partial charge in [-0.05, 0) is 24.6 Å². The van der Waals surface area contributed by atoms with Gasteiger partial charge in [-0.3, -0.25) is 4.79 Å². The summed E-state index contributed by atoms with van der Waals surface area (Å²) in [6, 6.07) is 2.74. The molecule has 0 atom stereocenters. The number of primary sulfonamides is 1. The summed E-state index contributed by atoms with van der Waals surface area (Å²) in [5, 5.41) is 7.40. The number of methoxy groups -OCH3 is 1. The Morgan fingerprint density at radius 3 is 2.29 bits per heavy atom. The molecule has 0 unspecified atom stereocenters. The van der Waals surface area contributed by atoms with Crippen molar-refractivity contribution >= 4 is 31.5 Å². The molecular formula is C11H16N2O6S2. The fourth-order valence-corrected chi connectivity index (χ4v) is 3.03. The molecule has 8 nitrogen and oxygen atoms in total. The highest BCUT2D eigenvalue weighted by atomic mass is 32.2. The summed E-state index contributed by atoms with van der Waals surface area (Å²) in [4.78, 5) is 11.3. The lowest BCUT2D eigenvalue weighted by Gasteiger charge is -2.14. The van der Waals surface area contributed by atoms with E-state index in [-0.39, 0.29) is 16.3 Å². The van der Waals surface area contributed by atoms with E-state index in [1.807, 2.05) is 0 Å². The van der Waals surface area contributed by atoms with Gasteiger partial charge < -0.3 is 10.1 Å². The van der Waals surface area contributed by atoms with Gasteiger partial charge in [-0.2, -0.15) is 0 Å². The van der Waals surface area contributed by atoms with Gasteiger partial charge in [0, 0.05) is 6.26 Å². The van der Waals surface area contributed by atoms with Crippen molar-refractivity contribution in [2.75, 3.05) is 24.4 Å². The van der Waals surface area contributed by atoms with Gasteiger partial charge in [0.15, 0.2) is 15.6 Å². The smallest absolute Gasteiger partial charge is 0.241 e. The maximum absolute atomic E-state index is 11.6. The zero-order chi connectivity index (χ0) is 16.4. The minimum atomic E-state index is -4.06. The fourth-order valence-electron chi connectivity index (χ4n) is 1.68. The van der Waals surface area contributed by atoms with Gasteiger partial charge in [0.05, 0.1) is 12.8 Å². The first-order valence-corrected chi connectivity index (χ1v) is 9.24. The molecule has 0 heterocycles. The second kappa shape index (κ2) is 6.00. The van der Waals surface area contributed by atoms with Crippen LogP contribution in [0.5, 0.6) is 5.75 Å². The molecule has 0 fully saturated rings. The maximum atomic E-state index is 11.6. The highest BCUT2D eigenvalue weighted by molar-refractivity contribution is 7.91. The van der Waals surface area contributed by atoms with E-state index in [0.29, 0.717) is 5.56 Å². The van der Waals surface area contributed by atoms with Gasteiger partial charge in [0.25, 0.3) is 0 Å². The topological polar surface area (TPSA) is 133 Å². The number of hydrogen-bond donors (Lipinski definition) is 2. The molecule has 0 aliphatic heterocycles. The first-order valence-electron chi connectivity index (χ1n) is 5.63. The summed E-state index contributed by atoms with van der Waals surface area (Å²) in [6.07, 6.45) is 0.913. The molecule has 0 spiro atoms. The largest absolute Gasteiger partial charge is 0.493 e. The lowest BCUT2D eigenvalue weighted by Crippen LogP contribution is -2.23. The second-order valence-corrected chi connectivity index (χ2v) is 8.18. The Labute approximate surface area is 123 Å². The molecule has 0 aliphatic carbocycles. The van der Waals surface area contributed by atoms with Crippen LogP contribution in [-0.4, -0.2) is 41.9 Å². The first-order chi connectivity index (χ1) is 9.44. The van der Waals surface area contributed by atoms with Crippen molar-refractivity contribution in [1.29, 1.82) is 0 Å². The Morgan fingerprint density at radius 1 is 1.29 bits per heavy atom. The van der Waals surface area contributed by atoms with E-state index < -0.39 is 31.5 Å². The predicted molar refractivity (Wildman–Crippen MR) is 77.4 cm³/mol. The van der Waals surface area contributed by atoms with E-state index in [4.69, 9.17) is 9.88 Å². The fraction of sp³-hybridized carbons (Fsp3) is 0.364. The Morgan fingerprint density at radius 2 is 1.86 bits per heavy atom. The number of sulfone groups is 1. The third-order valence-electron chi connectivity index (χ3n) is 2.38. The van der Waals surface area contributed by atoms with Gasteiger partial charge in [0.1, 0.15) is 10.6 Å². The molecule has 21 heavy (non-hydrogen) atoms. The van der Waals surface area contributed by atoms with Crippen LogP contribution in [0.1, 0.15) is 5.56 Å². The van der Waals surface area contributed by atoms with Crippen LogP contribution in [-0.2, 0) is 24.7 Å². The number of amides is 1. The number of ether oxygens (including phenoxy) is 1. The molecule has 3 N–H and O–H groups in total. The highest BCUT2D eigenvalue weighted by Gasteiger charge is 2.21. The van der Waals surface area contributed by atoms with Gasteiger partial charge >= 0.3 is 0 Å². The van der Waals surface area contributed by atoms with Gasteiger partial charge in [-0.1, -0.05) is 0 Å². The zero-order valence-electron chi connectivity index (χ0n) is 11.7. The van der Waals surface area contributed by atoms with Crippen molar-refractivity contribution in [2.45, 2.75) is 11.8 Å². The summed E-state index contributed by atoms with van der Waals surface area (Å²) in [6.45, 7) is 1.60. The first kappa shape index (κ1) is 17.4. The number of anilines is 1. The summed E-state index contributed by atoms with van der Waals surface area (Å²) >= 11 is 0. The maximum Gasteiger partial charge on any atom is 0.241 e. The van der Waals surface area contributed by atoms with Crippen LogP contribution in [0, 0.1) is 6.92 Å². The number of carbonyl (C=O) groups is 1. The number of rotatable bonds is 5. The van der Waals surface area contributed by atoms with E-state index in [1.54, 1.807) is 6.92 Å². The Hall–Kier alpha value is -1.65. The van der Waals surface area contributed by atoms with Crippen molar-refractivity contribution in [3.05, 3.63) is 17.7 Å². The third-order valence-corrected chi connectivity index (χ3v) is 4.08. The predicted octanol–water partition coefficient (Wildman–Crippen LogP) is -0.366. The van der Waals surface area contributed by atoms with E-state index >= 15 is 0 Å². The lowest BCUT2D eigenvalue weighted by atomic mass is 10.2. The molecule has 0 aliphatic rings. The van der Waals surface area contributed by atoms with Gasteiger partial charge in [0.2, 0.25) is 15.9 Å². The molecular weight excluding hydrogens is 320 g/mol. The molecule has 0 radical (unpaired) electrons. The van der Waals surface area contributed by atoms with Gasteiger partial charge in [-0.25, -0.2) is 22.0 Å². The van der Waals surface area contributed by atoms with Crippen molar-refractivity contribution in [3.8, 4) is 5.75 Å². The molecule has 1 rings (SSSR count). The summed E-state index contributed by atoms with van der Waals surface area (Å²) in [5.41, 5.74) is 0.546. The average Bonchev–Trinajstić information content (AvgIpc) is 2.24. The normalized spacial score (nSPS) is 12.0. The SMILES string of the molecule is COc1c(NC(=O)CS(C)(=O)=O)cc(C)cc1S(N)(=O)=O. The Kier molecular flexibility index (Phi) is 4.97. The minimum absolute atomic E-state index is 0.0372. The summed E-state index contributed by atoms with van der Waals surface area (Å²) < 4.78 is 50.2.